The van der Waals surface area contributed by atoms with Crippen LogP contribution in [0.25, 0.3) is 0 Å². The minimum atomic E-state index is -0.363. The summed E-state index contributed by atoms with van der Waals surface area (Å²) in [6.45, 7) is 1.82. The molecule has 0 bridgehead atoms. The molecule has 0 fully saturated rings. The first-order valence-electron chi connectivity index (χ1n) is 5.30. The van der Waals surface area contributed by atoms with Gasteiger partial charge in [-0.2, -0.15) is 0 Å². The normalized spacial score (nSPS) is 22.2. The van der Waals surface area contributed by atoms with Gasteiger partial charge in [-0.25, -0.2) is 0 Å². The summed E-state index contributed by atoms with van der Waals surface area (Å²) in [4.78, 5) is 2.19. The number of fused-ring (bicyclic) bond motifs is 1. The van der Waals surface area contributed by atoms with Crippen LogP contribution in [0.1, 0.15) is 29.2 Å². The third-order valence-electron chi connectivity index (χ3n) is 2.97. The fraction of sp³-hybridized carbons (Fsp3) is 0.500. The van der Waals surface area contributed by atoms with E-state index in [4.69, 9.17) is 5.11 Å². The molecule has 1 aliphatic heterocycles. The van der Waals surface area contributed by atoms with E-state index < -0.39 is 0 Å². The summed E-state index contributed by atoms with van der Waals surface area (Å²) in [6, 6.07) is 5.80. The number of aliphatic hydroxyl groups excluding tert-OH is 2. The zero-order valence-electron chi connectivity index (χ0n) is 8.98. The number of nitrogens with zero attached hydrogens (tertiary/aromatic N) is 1. The highest BCUT2D eigenvalue weighted by Gasteiger charge is 2.18. The standard InChI is InChI=1S/C12H17NO2/c1-13-5-4-12(15)11-3-2-9(8-14)6-10(11)7-13/h2-3,6,12,14-15H,4-5,7-8H2,1H3. The molecule has 0 radical (unpaired) electrons. The molecule has 1 aromatic rings. The van der Waals surface area contributed by atoms with E-state index in [1.807, 2.05) is 25.2 Å². The molecule has 0 spiro atoms. The van der Waals surface area contributed by atoms with Gasteiger partial charge in [-0.3, -0.25) is 0 Å². The van der Waals surface area contributed by atoms with Crippen molar-refractivity contribution in [2.24, 2.45) is 0 Å². The molecule has 0 saturated carbocycles. The van der Waals surface area contributed by atoms with Gasteiger partial charge in [0.2, 0.25) is 0 Å². The van der Waals surface area contributed by atoms with Gasteiger partial charge in [0, 0.05) is 13.1 Å². The van der Waals surface area contributed by atoms with Crippen molar-refractivity contribution in [3.05, 3.63) is 34.9 Å². The molecule has 15 heavy (non-hydrogen) atoms. The molecule has 3 nitrogen and oxygen atoms in total. The van der Waals surface area contributed by atoms with Gasteiger partial charge in [-0.1, -0.05) is 18.2 Å². The second kappa shape index (κ2) is 4.31. The van der Waals surface area contributed by atoms with Crippen molar-refractivity contribution in [1.82, 2.24) is 4.90 Å². The van der Waals surface area contributed by atoms with Gasteiger partial charge in [0.05, 0.1) is 12.7 Å². The lowest BCUT2D eigenvalue weighted by molar-refractivity contribution is 0.157. The molecule has 82 valence electrons. The van der Waals surface area contributed by atoms with Crippen LogP contribution in [0.4, 0.5) is 0 Å². The lowest BCUT2D eigenvalue weighted by Crippen LogP contribution is -2.17. The summed E-state index contributed by atoms with van der Waals surface area (Å²) >= 11 is 0. The van der Waals surface area contributed by atoms with Crippen LogP contribution in [0.5, 0.6) is 0 Å². The van der Waals surface area contributed by atoms with E-state index in [0.717, 1.165) is 36.2 Å². The molecular formula is C12H17NO2. The first-order chi connectivity index (χ1) is 7.20. The lowest BCUT2D eigenvalue weighted by atomic mass is 9.99. The summed E-state index contributed by atoms with van der Waals surface area (Å²) in [5.74, 6) is 0. The molecule has 2 rings (SSSR count). The zero-order valence-corrected chi connectivity index (χ0v) is 8.98. The molecule has 1 atom stereocenters. The van der Waals surface area contributed by atoms with E-state index in [1.165, 1.54) is 0 Å². The van der Waals surface area contributed by atoms with Gasteiger partial charge in [0.25, 0.3) is 0 Å². The van der Waals surface area contributed by atoms with E-state index in [2.05, 4.69) is 4.90 Å². The fourth-order valence-corrected chi connectivity index (χ4v) is 2.09. The smallest absolute Gasteiger partial charge is 0.0805 e. The van der Waals surface area contributed by atoms with Crippen LogP contribution in [0.15, 0.2) is 18.2 Å². The highest BCUT2D eigenvalue weighted by atomic mass is 16.3. The van der Waals surface area contributed by atoms with E-state index in [0.29, 0.717) is 0 Å². The molecule has 0 aliphatic carbocycles. The SMILES string of the molecule is CN1CCC(O)c2ccc(CO)cc2C1. The van der Waals surface area contributed by atoms with Crippen LogP contribution in [0.3, 0.4) is 0 Å². The Balaban J connectivity index is 2.38. The van der Waals surface area contributed by atoms with Crippen molar-refractivity contribution < 1.29 is 10.2 Å². The molecule has 2 N–H and O–H groups in total. The van der Waals surface area contributed by atoms with Gasteiger partial charge in [0.15, 0.2) is 0 Å². The maximum absolute atomic E-state index is 9.93. The van der Waals surface area contributed by atoms with Crippen LogP contribution in [-0.2, 0) is 13.2 Å². The van der Waals surface area contributed by atoms with Crippen molar-refractivity contribution in [2.75, 3.05) is 13.6 Å². The number of benzene rings is 1. The highest BCUT2D eigenvalue weighted by Crippen LogP contribution is 2.26. The van der Waals surface area contributed by atoms with Gasteiger partial charge >= 0.3 is 0 Å². The maximum Gasteiger partial charge on any atom is 0.0805 e. The molecule has 1 aliphatic rings. The number of hydrogen-bond donors (Lipinski definition) is 2. The maximum atomic E-state index is 9.93. The third kappa shape index (κ3) is 2.20. The van der Waals surface area contributed by atoms with E-state index in [9.17, 15) is 5.11 Å². The number of hydrogen-bond acceptors (Lipinski definition) is 3. The minimum absolute atomic E-state index is 0.0626. The summed E-state index contributed by atoms with van der Waals surface area (Å²) in [5, 5.41) is 19.0. The van der Waals surface area contributed by atoms with Crippen molar-refractivity contribution in [3.8, 4) is 0 Å². The predicted octanol–water partition coefficient (Wildman–Crippen LogP) is 1.05. The lowest BCUT2D eigenvalue weighted by Gasteiger charge is -2.13. The Hall–Kier alpha value is -0.900. The van der Waals surface area contributed by atoms with Crippen LogP contribution in [-0.4, -0.2) is 28.7 Å². The first-order valence-corrected chi connectivity index (χ1v) is 5.30. The Labute approximate surface area is 90.0 Å². The second-order valence-electron chi connectivity index (χ2n) is 4.23. The highest BCUT2D eigenvalue weighted by molar-refractivity contribution is 5.34. The van der Waals surface area contributed by atoms with Crippen molar-refractivity contribution >= 4 is 0 Å². The molecule has 3 heteroatoms. The van der Waals surface area contributed by atoms with E-state index >= 15 is 0 Å². The zero-order chi connectivity index (χ0) is 10.8. The first kappa shape index (κ1) is 10.6. The topological polar surface area (TPSA) is 43.7 Å². The molecule has 0 aromatic heterocycles. The Kier molecular flexibility index (Phi) is 3.05. The summed E-state index contributed by atoms with van der Waals surface area (Å²) in [7, 11) is 2.05. The van der Waals surface area contributed by atoms with Gasteiger partial charge in [-0.15, -0.1) is 0 Å². The molecule has 0 saturated heterocycles. The Morgan fingerprint density at radius 3 is 3.00 bits per heavy atom. The van der Waals surface area contributed by atoms with Crippen LogP contribution >= 0.6 is 0 Å². The van der Waals surface area contributed by atoms with Crippen molar-refractivity contribution in [2.45, 2.75) is 25.7 Å². The van der Waals surface area contributed by atoms with Crippen LogP contribution < -0.4 is 0 Å². The Morgan fingerprint density at radius 1 is 1.47 bits per heavy atom. The number of aliphatic hydroxyl groups is 2. The second-order valence-corrected chi connectivity index (χ2v) is 4.23. The summed E-state index contributed by atoms with van der Waals surface area (Å²) < 4.78 is 0. The summed E-state index contributed by atoms with van der Waals surface area (Å²) in [5.41, 5.74) is 3.06. The average Bonchev–Trinajstić information content (AvgIpc) is 2.38. The quantitative estimate of drug-likeness (QED) is 0.723. The molecule has 0 amide bonds. The van der Waals surface area contributed by atoms with Crippen LogP contribution in [0.2, 0.25) is 0 Å². The fourth-order valence-electron chi connectivity index (χ4n) is 2.09. The van der Waals surface area contributed by atoms with Gasteiger partial charge < -0.3 is 15.1 Å². The minimum Gasteiger partial charge on any atom is -0.392 e. The van der Waals surface area contributed by atoms with Gasteiger partial charge in [-0.05, 0) is 30.2 Å². The largest absolute Gasteiger partial charge is 0.392 e. The summed E-state index contributed by atoms with van der Waals surface area (Å²) in [6.07, 6.45) is 0.416. The van der Waals surface area contributed by atoms with E-state index in [1.54, 1.807) is 0 Å². The van der Waals surface area contributed by atoms with Crippen molar-refractivity contribution in [1.29, 1.82) is 0 Å². The van der Waals surface area contributed by atoms with Crippen LogP contribution in [0, 0.1) is 0 Å². The molecule has 1 heterocycles. The molecule has 1 unspecified atom stereocenters. The Bertz CT molecular complexity index is 351. The van der Waals surface area contributed by atoms with Crippen molar-refractivity contribution in [3.63, 3.8) is 0 Å². The molecular weight excluding hydrogens is 190 g/mol. The monoisotopic (exact) mass is 207 g/mol. The molecule has 1 aromatic carbocycles. The van der Waals surface area contributed by atoms with Gasteiger partial charge in [0.1, 0.15) is 0 Å². The average molecular weight is 207 g/mol. The Morgan fingerprint density at radius 2 is 2.27 bits per heavy atom. The third-order valence-corrected chi connectivity index (χ3v) is 2.97. The van der Waals surface area contributed by atoms with E-state index in [-0.39, 0.29) is 12.7 Å². The number of rotatable bonds is 1. The predicted molar refractivity (Wildman–Crippen MR) is 58.3 cm³/mol.